The molecule has 0 aromatic rings. The highest BCUT2D eigenvalue weighted by atomic mass is 31.2. The van der Waals surface area contributed by atoms with Crippen LogP contribution in [0, 0.1) is 0 Å². The standard InChI is InChI=1S/C49H98NO7P/c1-6-8-10-12-14-16-18-20-22-24-25-26-28-30-32-34-36-38-40-42-49(51)57-48(47-56-58(52,53)55-45-43-50(3,4)5)46-54-44-41-39-37-35-33-31-29-27-23-21-19-17-15-13-11-9-7-2/h23,27,48H,6-22,24-26,28-47H2,1-5H3/b27-23-. The zero-order valence-electron chi connectivity index (χ0n) is 39.3. The van der Waals surface area contributed by atoms with Gasteiger partial charge in [0.2, 0.25) is 0 Å². The molecule has 0 rings (SSSR count). The van der Waals surface area contributed by atoms with Crippen LogP contribution >= 0.6 is 7.82 Å². The Kier molecular flexibility index (Phi) is 42.3. The molecular formula is C49H98NO7P. The first-order valence-corrected chi connectivity index (χ1v) is 26.4. The van der Waals surface area contributed by atoms with Crippen molar-refractivity contribution in [2.75, 3.05) is 54.1 Å². The summed E-state index contributed by atoms with van der Waals surface area (Å²) >= 11 is 0. The summed E-state index contributed by atoms with van der Waals surface area (Å²) < 4.78 is 34.7. The molecule has 0 aliphatic rings. The molecular weight excluding hydrogens is 746 g/mol. The van der Waals surface area contributed by atoms with Gasteiger partial charge in [-0.1, -0.05) is 206 Å². The Balaban J connectivity index is 4.13. The largest absolute Gasteiger partial charge is 0.756 e. The number of nitrogens with zero attached hydrogens (tertiary/aromatic N) is 1. The second-order valence-electron chi connectivity index (χ2n) is 18.2. The lowest BCUT2D eigenvalue weighted by Crippen LogP contribution is -2.37. The van der Waals surface area contributed by atoms with Gasteiger partial charge in [0.1, 0.15) is 19.3 Å². The molecule has 2 unspecified atom stereocenters. The molecule has 0 fully saturated rings. The van der Waals surface area contributed by atoms with Crippen LogP contribution in [0.3, 0.4) is 0 Å². The van der Waals surface area contributed by atoms with Crippen molar-refractivity contribution in [3.8, 4) is 0 Å². The van der Waals surface area contributed by atoms with Crippen LogP contribution in [0.15, 0.2) is 12.2 Å². The molecule has 0 radical (unpaired) electrons. The summed E-state index contributed by atoms with van der Waals surface area (Å²) in [4.78, 5) is 25.1. The quantitative estimate of drug-likeness (QED) is 0.0198. The van der Waals surface area contributed by atoms with E-state index in [-0.39, 0.29) is 25.8 Å². The van der Waals surface area contributed by atoms with E-state index in [2.05, 4.69) is 26.0 Å². The first kappa shape index (κ1) is 57.2. The summed E-state index contributed by atoms with van der Waals surface area (Å²) in [5.41, 5.74) is 0. The lowest BCUT2D eigenvalue weighted by Gasteiger charge is -2.28. The van der Waals surface area contributed by atoms with E-state index in [9.17, 15) is 14.3 Å². The van der Waals surface area contributed by atoms with Crippen molar-refractivity contribution in [1.29, 1.82) is 0 Å². The van der Waals surface area contributed by atoms with Crippen LogP contribution in [-0.4, -0.2) is 70.7 Å². The summed E-state index contributed by atoms with van der Waals surface area (Å²) in [5, 5.41) is 0. The van der Waals surface area contributed by atoms with Gasteiger partial charge in [0.25, 0.3) is 7.82 Å². The molecule has 0 amide bonds. The van der Waals surface area contributed by atoms with Gasteiger partial charge in [-0.2, -0.15) is 0 Å². The zero-order valence-corrected chi connectivity index (χ0v) is 40.2. The van der Waals surface area contributed by atoms with E-state index in [1.807, 2.05) is 21.1 Å². The van der Waals surface area contributed by atoms with Crippen molar-refractivity contribution < 1.29 is 37.3 Å². The summed E-state index contributed by atoms with van der Waals surface area (Å²) in [6.45, 7) is 5.45. The highest BCUT2D eigenvalue weighted by Gasteiger charge is 2.20. The highest BCUT2D eigenvalue weighted by Crippen LogP contribution is 2.38. The minimum atomic E-state index is -4.52. The Bertz CT molecular complexity index is 940. The fourth-order valence-electron chi connectivity index (χ4n) is 7.19. The Morgan fingerprint density at radius 3 is 1.31 bits per heavy atom. The third-order valence-corrected chi connectivity index (χ3v) is 12.0. The fourth-order valence-corrected chi connectivity index (χ4v) is 7.92. The Labute approximate surface area is 360 Å². The van der Waals surface area contributed by atoms with Gasteiger partial charge in [0.05, 0.1) is 34.4 Å². The lowest BCUT2D eigenvalue weighted by atomic mass is 10.0. The molecule has 0 saturated carbocycles. The maximum Gasteiger partial charge on any atom is 0.306 e. The number of phosphoric acid groups is 1. The number of likely N-dealkylation sites (N-methyl/N-ethyl adjacent to an activating group) is 1. The van der Waals surface area contributed by atoms with Crippen molar-refractivity contribution >= 4 is 13.8 Å². The predicted octanol–water partition coefficient (Wildman–Crippen LogP) is 14.4. The average Bonchev–Trinajstić information content (AvgIpc) is 3.18. The van der Waals surface area contributed by atoms with E-state index in [0.29, 0.717) is 24.1 Å². The fraction of sp³-hybridized carbons (Fsp3) is 0.939. The smallest absolute Gasteiger partial charge is 0.306 e. The second-order valence-corrected chi connectivity index (χ2v) is 19.6. The number of ether oxygens (including phenoxy) is 2. The van der Waals surface area contributed by atoms with E-state index < -0.39 is 13.9 Å². The van der Waals surface area contributed by atoms with Gasteiger partial charge in [-0.25, -0.2) is 0 Å². The van der Waals surface area contributed by atoms with E-state index in [1.165, 1.54) is 186 Å². The maximum atomic E-state index is 12.7. The van der Waals surface area contributed by atoms with Crippen molar-refractivity contribution in [2.45, 2.75) is 245 Å². The number of allylic oxidation sites excluding steroid dienone is 2. The molecule has 0 N–H and O–H groups in total. The van der Waals surface area contributed by atoms with Crippen molar-refractivity contribution in [3.05, 3.63) is 12.2 Å². The Morgan fingerprint density at radius 2 is 0.897 bits per heavy atom. The third-order valence-electron chi connectivity index (χ3n) is 11.1. The van der Waals surface area contributed by atoms with Crippen LogP contribution < -0.4 is 4.89 Å². The minimum absolute atomic E-state index is 0.0284. The molecule has 0 spiro atoms. The first-order valence-electron chi connectivity index (χ1n) is 24.9. The van der Waals surface area contributed by atoms with E-state index >= 15 is 0 Å². The minimum Gasteiger partial charge on any atom is -0.756 e. The molecule has 0 heterocycles. The van der Waals surface area contributed by atoms with Gasteiger partial charge in [0.15, 0.2) is 0 Å². The van der Waals surface area contributed by atoms with Gasteiger partial charge in [-0.15, -0.1) is 0 Å². The van der Waals surface area contributed by atoms with Crippen molar-refractivity contribution in [2.24, 2.45) is 0 Å². The molecule has 8 nitrogen and oxygen atoms in total. The number of carbonyl (C=O) groups is 1. The molecule has 0 aromatic heterocycles. The van der Waals surface area contributed by atoms with E-state index in [4.69, 9.17) is 18.5 Å². The molecule has 0 bridgehead atoms. The summed E-state index contributed by atoms with van der Waals surface area (Å²) in [6, 6.07) is 0. The Hall–Kier alpha value is -0.760. The Morgan fingerprint density at radius 1 is 0.517 bits per heavy atom. The number of esters is 1. The normalized spacial score (nSPS) is 13.7. The third kappa shape index (κ3) is 46.3. The number of phosphoric ester groups is 1. The van der Waals surface area contributed by atoms with Gasteiger partial charge >= 0.3 is 5.97 Å². The summed E-state index contributed by atoms with van der Waals surface area (Å²) in [5.74, 6) is -0.330. The van der Waals surface area contributed by atoms with Gasteiger partial charge in [-0.05, 0) is 38.5 Å². The highest BCUT2D eigenvalue weighted by molar-refractivity contribution is 7.45. The molecule has 0 aliphatic heterocycles. The van der Waals surface area contributed by atoms with Crippen LogP contribution in [0.25, 0.3) is 0 Å². The zero-order chi connectivity index (χ0) is 42.7. The van der Waals surface area contributed by atoms with Gasteiger partial charge < -0.3 is 27.9 Å². The molecule has 9 heteroatoms. The molecule has 0 saturated heterocycles. The summed E-state index contributed by atoms with van der Waals surface area (Å²) in [7, 11) is 1.37. The van der Waals surface area contributed by atoms with Gasteiger partial charge in [-0.3, -0.25) is 9.36 Å². The number of quaternary nitrogens is 1. The molecule has 0 aromatic carbocycles. The van der Waals surface area contributed by atoms with Crippen molar-refractivity contribution in [1.82, 2.24) is 0 Å². The first-order chi connectivity index (χ1) is 28.1. The number of hydrogen-bond donors (Lipinski definition) is 0. The molecule has 58 heavy (non-hydrogen) atoms. The van der Waals surface area contributed by atoms with Crippen LogP contribution in [0.2, 0.25) is 0 Å². The van der Waals surface area contributed by atoms with Gasteiger partial charge in [0, 0.05) is 13.0 Å². The molecule has 346 valence electrons. The maximum absolute atomic E-state index is 12.7. The van der Waals surface area contributed by atoms with Crippen LogP contribution in [0.1, 0.15) is 239 Å². The van der Waals surface area contributed by atoms with E-state index in [0.717, 1.165) is 32.1 Å². The monoisotopic (exact) mass is 844 g/mol. The lowest BCUT2D eigenvalue weighted by molar-refractivity contribution is -0.870. The van der Waals surface area contributed by atoms with Crippen LogP contribution in [0.4, 0.5) is 0 Å². The number of carbonyl (C=O) groups excluding carboxylic acids is 1. The predicted molar refractivity (Wildman–Crippen MR) is 245 cm³/mol. The topological polar surface area (TPSA) is 94.1 Å². The van der Waals surface area contributed by atoms with E-state index in [1.54, 1.807) is 0 Å². The molecule has 2 atom stereocenters. The SMILES string of the molecule is CCCCCCCCC/C=C\CCCCCCCCOCC(COP(=O)([O-])OCC[N+](C)(C)C)OC(=O)CCCCCCCCCCCCCCCCCCCCC. The average molecular weight is 844 g/mol. The summed E-state index contributed by atoms with van der Waals surface area (Å²) in [6.07, 6.45) is 48.0. The number of hydrogen-bond acceptors (Lipinski definition) is 7. The second kappa shape index (κ2) is 42.9. The van der Waals surface area contributed by atoms with Crippen LogP contribution in [-0.2, 0) is 27.9 Å². The van der Waals surface area contributed by atoms with Crippen molar-refractivity contribution in [3.63, 3.8) is 0 Å². The number of rotatable bonds is 47. The van der Waals surface area contributed by atoms with Crippen LogP contribution in [0.5, 0.6) is 0 Å². The number of unbranched alkanes of at least 4 members (excludes halogenated alkanes) is 31. The molecule has 0 aliphatic carbocycles.